The van der Waals surface area contributed by atoms with Gasteiger partial charge in [0.05, 0.1) is 0 Å². The predicted molar refractivity (Wildman–Crippen MR) is 154 cm³/mol. The Hall–Kier alpha value is -2.30. The molecule has 2 aromatic carbocycles. The van der Waals surface area contributed by atoms with Crippen LogP contribution in [0, 0.1) is 40.6 Å². The van der Waals surface area contributed by atoms with Crippen molar-refractivity contribution in [2.45, 2.75) is 93.4 Å². The average Bonchev–Trinajstić information content (AvgIpc) is 2.78. The monoisotopic (exact) mass is 533 g/mol. The standard InChI is InChI=1S/C14H20F2.C14H18FNO.C5H12/c1-4-5-11(8-10(2)3)13-7-6-12(15)9-14(13)16;1-10-7-16(9-17)8-11(2)14(10)12-3-5-13(15)6-4-12;1-5(2,3)4/h6-7,9-11H,4-5,8H2,1-3H3;3-6,9-11,14H,7-8H2,1-2H3;1-4H3. The van der Waals surface area contributed by atoms with E-state index in [9.17, 15) is 18.0 Å². The van der Waals surface area contributed by atoms with Crippen LogP contribution < -0.4 is 0 Å². The number of halogens is 3. The molecule has 0 saturated carbocycles. The fourth-order valence-electron chi connectivity index (χ4n) is 5.18. The molecule has 1 aliphatic heterocycles. The van der Waals surface area contributed by atoms with E-state index in [1.54, 1.807) is 6.07 Å². The van der Waals surface area contributed by atoms with Crippen molar-refractivity contribution in [3.63, 3.8) is 0 Å². The Kier molecular flexibility index (Phi) is 14.2. The van der Waals surface area contributed by atoms with Crippen molar-refractivity contribution < 1.29 is 18.0 Å². The first-order chi connectivity index (χ1) is 17.7. The summed E-state index contributed by atoms with van der Waals surface area (Å²) in [5, 5.41) is 0. The zero-order chi connectivity index (χ0) is 29.0. The molecule has 38 heavy (non-hydrogen) atoms. The number of hydrogen-bond donors (Lipinski definition) is 0. The van der Waals surface area contributed by atoms with Crippen molar-refractivity contribution >= 4 is 6.41 Å². The van der Waals surface area contributed by atoms with Gasteiger partial charge in [-0.3, -0.25) is 4.79 Å². The first-order valence-corrected chi connectivity index (χ1v) is 14.1. The largest absolute Gasteiger partial charge is 0.345 e. The summed E-state index contributed by atoms with van der Waals surface area (Å²) in [5.74, 6) is 0.877. The summed E-state index contributed by atoms with van der Waals surface area (Å²) in [6.07, 6.45) is 3.86. The third-order valence-corrected chi connectivity index (χ3v) is 6.47. The molecule has 1 aliphatic rings. The Morgan fingerprint density at radius 2 is 1.42 bits per heavy atom. The molecular formula is C33H50F3NO. The van der Waals surface area contributed by atoms with Crippen molar-refractivity contribution in [2.24, 2.45) is 23.2 Å². The second-order valence-electron chi connectivity index (χ2n) is 12.9. The molecule has 3 rings (SSSR count). The number of rotatable bonds is 7. The SMILES string of the molecule is CC(C)(C)C.CC1CN(C=O)CC(C)C1c1ccc(F)cc1.CCCC(CC(C)C)c1ccc(F)cc1F. The lowest BCUT2D eigenvalue weighted by molar-refractivity contribution is -0.120. The molecule has 3 unspecified atom stereocenters. The van der Waals surface area contributed by atoms with E-state index in [0.717, 1.165) is 44.8 Å². The summed E-state index contributed by atoms with van der Waals surface area (Å²) in [6, 6.07) is 10.7. The van der Waals surface area contributed by atoms with Gasteiger partial charge in [-0.2, -0.15) is 0 Å². The third kappa shape index (κ3) is 12.5. The molecule has 0 radical (unpaired) electrons. The molecule has 0 bridgehead atoms. The fraction of sp³-hybridized carbons (Fsp3) is 0.606. The van der Waals surface area contributed by atoms with Crippen LogP contribution in [0.3, 0.4) is 0 Å². The Bertz CT molecular complexity index is 934. The molecule has 1 amide bonds. The predicted octanol–water partition coefficient (Wildman–Crippen LogP) is 9.60. The van der Waals surface area contributed by atoms with E-state index in [1.165, 1.54) is 23.8 Å². The van der Waals surface area contributed by atoms with Crippen LogP contribution in [0.4, 0.5) is 13.2 Å². The Balaban J connectivity index is 0.000000324. The Morgan fingerprint density at radius 3 is 1.84 bits per heavy atom. The van der Waals surface area contributed by atoms with Crippen LogP contribution in [0.5, 0.6) is 0 Å². The third-order valence-electron chi connectivity index (χ3n) is 6.47. The minimum Gasteiger partial charge on any atom is -0.345 e. The van der Waals surface area contributed by atoms with E-state index in [2.05, 4.69) is 62.3 Å². The highest BCUT2D eigenvalue weighted by Crippen LogP contribution is 2.36. The lowest BCUT2D eigenvalue weighted by atomic mass is 9.75. The lowest BCUT2D eigenvalue weighted by Gasteiger charge is -2.40. The Labute approximate surface area is 230 Å². The molecule has 3 atom stereocenters. The van der Waals surface area contributed by atoms with Gasteiger partial charge in [-0.15, -0.1) is 0 Å². The molecule has 2 aromatic rings. The van der Waals surface area contributed by atoms with E-state index in [1.807, 2.05) is 17.0 Å². The van der Waals surface area contributed by atoms with Crippen LogP contribution in [-0.2, 0) is 4.79 Å². The van der Waals surface area contributed by atoms with Crippen molar-refractivity contribution in [1.82, 2.24) is 4.90 Å². The lowest BCUT2D eigenvalue weighted by Crippen LogP contribution is -2.42. The normalized spacial score (nSPS) is 20.1. The van der Waals surface area contributed by atoms with Crippen molar-refractivity contribution in [1.29, 1.82) is 0 Å². The van der Waals surface area contributed by atoms with Crippen LogP contribution in [0.2, 0.25) is 0 Å². The summed E-state index contributed by atoms with van der Waals surface area (Å²) in [4.78, 5) is 12.6. The number of hydrogen-bond acceptors (Lipinski definition) is 1. The van der Waals surface area contributed by atoms with Crippen LogP contribution in [0.15, 0.2) is 42.5 Å². The minimum atomic E-state index is -0.499. The van der Waals surface area contributed by atoms with Gasteiger partial charge in [-0.1, -0.05) is 86.9 Å². The van der Waals surface area contributed by atoms with Crippen LogP contribution in [-0.4, -0.2) is 24.4 Å². The van der Waals surface area contributed by atoms with Gasteiger partial charge in [0, 0.05) is 19.2 Å². The average molecular weight is 534 g/mol. The van der Waals surface area contributed by atoms with E-state index in [4.69, 9.17) is 0 Å². The van der Waals surface area contributed by atoms with Crippen molar-refractivity contribution in [3.8, 4) is 0 Å². The minimum absolute atomic E-state index is 0.195. The highest BCUT2D eigenvalue weighted by atomic mass is 19.1. The number of amides is 1. The second-order valence-corrected chi connectivity index (χ2v) is 12.9. The fourth-order valence-corrected chi connectivity index (χ4v) is 5.18. The molecule has 0 aromatic heterocycles. The number of piperidine rings is 1. The quantitative estimate of drug-likeness (QED) is 0.324. The zero-order valence-corrected chi connectivity index (χ0v) is 25.0. The highest BCUT2D eigenvalue weighted by molar-refractivity contribution is 5.47. The summed E-state index contributed by atoms with van der Waals surface area (Å²) in [5.41, 5.74) is 2.34. The van der Waals surface area contributed by atoms with E-state index >= 15 is 0 Å². The molecule has 0 spiro atoms. The summed E-state index contributed by atoms with van der Waals surface area (Å²) in [6.45, 7) is 21.0. The molecule has 0 aliphatic carbocycles. The van der Waals surface area contributed by atoms with Crippen molar-refractivity contribution in [2.75, 3.05) is 13.1 Å². The molecular weight excluding hydrogens is 483 g/mol. The molecule has 2 nitrogen and oxygen atoms in total. The highest BCUT2D eigenvalue weighted by Gasteiger charge is 2.32. The molecule has 0 N–H and O–H groups in total. The number of nitrogens with zero attached hydrogens (tertiary/aromatic N) is 1. The summed E-state index contributed by atoms with van der Waals surface area (Å²) in [7, 11) is 0. The number of likely N-dealkylation sites (tertiary alicyclic amines) is 1. The van der Waals surface area contributed by atoms with Gasteiger partial charge in [0.25, 0.3) is 0 Å². The van der Waals surface area contributed by atoms with Gasteiger partial charge in [0.2, 0.25) is 6.41 Å². The Morgan fingerprint density at radius 1 is 0.921 bits per heavy atom. The summed E-state index contributed by atoms with van der Waals surface area (Å²) >= 11 is 0. The maximum absolute atomic E-state index is 13.6. The van der Waals surface area contributed by atoms with E-state index in [-0.39, 0.29) is 11.7 Å². The van der Waals surface area contributed by atoms with Gasteiger partial charge >= 0.3 is 0 Å². The topological polar surface area (TPSA) is 20.3 Å². The maximum atomic E-state index is 13.6. The van der Waals surface area contributed by atoms with Gasteiger partial charge in [0.1, 0.15) is 17.5 Å². The van der Waals surface area contributed by atoms with E-state index < -0.39 is 11.6 Å². The van der Waals surface area contributed by atoms with Gasteiger partial charge in [-0.25, -0.2) is 13.2 Å². The number of carbonyl (C=O) groups is 1. The second kappa shape index (κ2) is 16.0. The summed E-state index contributed by atoms with van der Waals surface area (Å²) < 4.78 is 39.4. The molecule has 1 heterocycles. The molecule has 214 valence electrons. The van der Waals surface area contributed by atoms with Crippen molar-refractivity contribution in [3.05, 3.63) is 71.0 Å². The number of carbonyl (C=O) groups excluding carboxylic acids is 1. The van der Waals surface area contributed by atoms with Crippen LogP contribution >= 0.6 is 0 Å². The smallest absolute Gasteiger partial charge is 0.209 e. The van der Waals surface area contributed by atoms with Gasteiger partial charge in [-0.05, 0) is 77.2 Å². The molecule has 1 fully saturated rings. The van der Waals surface area contributed by atoms with Crippen LogP contribution in [0.1, 0.15) is 105 Å². The maximum Gasteiger partial charge on any atom is 0.209 e. The number of benzene rings is 2. The van der Waals surface area contributed by atoms with Gasteiger partial charge in [0.15, 0.2) is 0 Å². The van der Waals surface area contributed by atoms with Crippen LogP contribution in [0.25, 0.3) is 0 Å². The molecule has 5 heteroatoms. The first kappa shape index (κ1) is 33.7. The zero-order valence-electron chi connectivity index (χ0n) is 25.0. The first-order valence-electron chi connectivity index (χ1n) is 14.1. The molecule has 1 saturated heterocycles. The van der Waals surface area contributed by atoms with Gasteiger partial charge < -0.3 is 4.90 Å². The van der Waals surface area contributed by atoms with E-state index in [0.29, 0.717) is 34.7 Å².